The van der Waals surface area contributed by atoms with Gasteiger partial charge in [0.05, 0.1) is 11.0 Å². The van der Waals surface area contributed by atoms with Crippen molar-refractivity contribution in [2.75, 3.05) is 4.90 Å². The summed E-state index contributed by atoms with van der Waals surface area (Å²) in [7, 11) is 0. The summed E-state index contributed by atoms with van der Waals surface area (Å²) in [6, 6.07) is 74.0. The number of rotatable bonds is 6. The second-order valence-corrected chi connectivity index (χ2v) is 14.2. The molecule has 3 heteroatoms. The summed E-state index contributed by atoms with van der Waals surface area (Å²) >= 11 is 0. The molecule has 0 spiro atoms. The molecule has 9 aromatic carbocycles. The molecule has 0 saturated heterocycles. The first kappa shape index (κ1) is 31.2. The minimum atomic E-state index is 0.908. The van der Waals surface area contributed by atoms with Gasteiger partial charge in [0.1, 0.15) is 11.2 Å². The Morgan fingerprint density at radius 1 is 0.345 bits per heavy atom. The van der Waals surface area contributed by atoms with E-state index in [-0.39, 0.29) is 0 Å². The van der Waals surface area contributed by atoms with Crippen molar-refractivity contribution in [3.05, 3.63) is 206 Å². The highest BCUT2D eigenvalue weighted by Crippen LogP contribution is 2.42. The molecule has 0 aliphatic heterocycles. The highest BCUT2D eigenvalue weighted by atomic mass is 16.3. The lowest BCUT2D eigenvalue weighted by atomic mass is 9.96. The molecular formula is C52H34N2O. The molecule has 0 aliphatic carbocycles. The lowest BCUT2D eigenvalue weighted by Gasteiger charge is -2.26. The molecule has 258 valence electrons. The van der Waals surface area contributed by atoms with Gasteiger partial charge in [-0.25, -0.2) is 0 Å². The molecule has 0 bridgehead atoms. The third-order valence-corrected chi connectivity index (χ3v) is 11.0. The summed E-state index contributed by atoms with van der Waals surface area (Å²) < 4.78 is 8.70. The Labute approximate surface area is 318 Å². The monoisotopic (exact) mass is 702 g/mol. The van der Waals surface area contributed by atoms with Gasteiger partial charge in [0, 0.05) is 44.3 Å². The smallest absolute Gasteiger partial charge is 0.136 e. The molecule has 0 unspecified atom stereocenters. The number of anilines is 3. The van der Waals surface area contributed by atoms with Crippen LogP contribution in [0.1, 0.15) is 0 Å². The molecule has 0 amide bonds. The van der Waals surface area contributed by atoms with Crippen LogP contribution in [-0.4, -0.2) is 4.57 Å². The SMILES string of the molecule is c1ccc(-c2cccc(N(c3ccc(-c4cccc5cc6c(cc45)oc4ccccc46)cc3)c3ccc4c5ccccc5n(-c5ccccc5)c4c3)c2)cc1. The number of hydrogen-bond donors (Lipinski definition) is 0. The zero-order chi connectivity index (χ0) is 36.3. The van der Waals surface area contributed by atoms with Crippen molar-refractivity contribution in [3.8, 4) is 27.9 Å². The van der Waals surface area contributed by atoms with Crippen molar-refractivity contribution < 1.29 is 4.42 Å². The first-order valence-electron chi connectivity index (χ1n) is 18.8. The normalized spacial score (nSPS) is 11.6. The molecule has 0 fully saturated rings. The van der Waals surface area contributed by atoms with Crippen LogP contribution in [0.25, 0.3) is 82.5 Å². The van der Waals surface area contributed by atoms with Crippen LogP contribution in [0, 0.1) is 0 Å². The van der Waals surface area contributed by atoms with E-state index in [0.29, 0.717) is 0 Å². The predicted molar refractivity (Wildman–Crippen MR) is 231 cm³/mol. The first-order valence-corrected chi connectivity index (χ1v) is 18.8. The van der Waals surface area contributed by atoms with Crippen molar-refractivity contribution in [1.82, 2.24) is 4.57 Å². The first-order chi connectivity index (χ1) is 27.3. The van der Waals surface area contributed by atoms with Crippen LogP contribution in [0.3, 0.4) is 0 Å². The Hall–Kier alpha value is -7.36. The van der Waals surface area contributed by atoms with Crippen LogP contribution < -0.4 is 4.90 Å². The van der Waals surface area contributed by atoms with E-state index < -0.39 is 0 Å². The summed E-state index contributed by atoms with van der Waals surface area (Å²) in [4.78, 5) is 2.38. The van der Waals surface area contributed by atoms with Gasteiger partial charge in [0.15, 0.2) is 0 Å². The molecule has 0 atom stereocenters. The number of aromatic nitrogens is 1. The van der Waals surface area contributed by atoms with Gasteiger partial charge < -0.3 is 13.9 Å². The van der Waals surface area contributed by atoms with Crippen molar-refractivity contribution in [3.63, 3.8) is 0 Å². The standard InChI is InChI=1S/C52H34N2O/c1-3-13-35(14-4-1)37-15-11-19-41(31-37)53(42-29-30-45-44-20-7-9-23-49(44)54(50(45)33-42)39-17-5-2-6-18-39)40-27-25-36(26-28-40)43-22-12-16-38-32-48-46-21-8-10-24-51(46)55-52(48)34-47(38)43/h1-34H. The maximum atomic E-state index is 6.32. The van der Waals surface area contributed by atoms with Crippen LogP contribution in [0.5, 0.6) is 0 Å². The van der Waals surface area contributed by atoms with Crippen molar-refractivity contribution in [1.29, 1.82) is 0 Å². The zero-order valence-corrected chi connectivity index (χ0v) is 29.9. The van der Waals surface area contributed by atoms with E-state index in [4.69, 9.17) is 4.42 Å². The molecule has 0 N–H and O–H groups in total. The maximum Gasteiger partial charge on any atom is 0.136 e. The molecule has 0 saturated carbocycles. The van der Waals surface area contributed by atoms with E-state index >= 15 is 0 Å². The van der Waals surface area contributed by atoms with Crippen LogP contribution >= 0.6 is 0 Å². The fourth-order valence-electron chi connectivity index (χ4n) is 8.39. The molecular weight excluding hydrogens is 669 g/mol. The molecule has 11 aromatic rings. The number of benzene rings is 9. The maximum absolute atomic E-state index is 6.32. The van der Waals surface area contributed by atoms with Crippen LogP contribution in [-0.2, 0) is 0 Å². The van der Waals surface area contributed by atoms with E-state index in [1.807, 2.05) is 12.1 Å². The predicted octanol–water partition coefficient (Wildman–Crippen LogP) is 14.6. The molecule has 0 radical (unpaired) electrons. The zero-order valence-electron chi connectivity index (χ0n) is 29.9. The molecule has 55 heavy (non-hydrogen) atoms. The van der Waals surface area contributed by atoms with Gasteiger partial charge in [-0.05, 0) is 106 Å². The Kier molecular flexibility index (Phi) is 7.17. The van der Waals surface area contributed by atoms with Gasteiger partial charge in [0.2, 0.25) is 0 Å². The number of para-hydroxylation sites is 3. The lowest BCUT2D eigenvalue weighted by molar-refractivity contribution is 0.669. The molecule has 11 rings (SSSR count). The average molecular weight is 703 g/mol. The third-order valence-electron chi connectivity index (χ3n) is 11.0. The van der Waals surface area contributed by atoms with Gasteiger partial charge in [-0.15, -0.1) is 0 Å². The van der Waals surface area contributed by atoms with Crippen LogP contribution in [0.2, 0.25) is 0 Å². The summed E-state index contributed by atoms with van der Waals surface area (Å²) in [6.07, 6.45) is 0. The Balaban J connectivity index is 1.08. The Morgan fingerprint density at radius 3 is 1.87 bits per heavy atom. The van der Waals surface area contributed by atoms with Crippen molar-refractivity contribution in [2.45, 2.75) is 0 Å². The van der Waals surface area contributed by atoms with Gasteiger partial charge in [0.25, 0.3) is 0 Å². The molecule has 2 heterocycles. The summed E-state index contributed by atoms with van der Waals surface area (Å²) in [5.41, 5.74) is 13.3. The van der Waals surface area contributed by atoms with Gasteiger partial charge in [-0.2, -0.15) is 0 Å². The summed E-state index contributed by atoms with van der Waals surface area (Å²) in [6.45, 7) is 0. The topological polar surface area (TPSA) is 21.3 Å². The van der Waals surface area contributed by atoms with Crippen LogP contribution in [0.15, 0.2) is 211 Å². The summed E-state index contributed by atoms with van der Waals surface area (Å²) in [5, 5.41) is 7.13. The van der Waals surface area contributed by atoms with Crippen molar-refractivity contribution in [2.24, 2.45) is 0 Å². The fraction of sp³-hybridized carbons (Fsp3) is 0. The van der Waals surface area contributed by atoms with Gasteiger partial charge >= 0.3 is 0 Å². The lowest BCUT2D eigenvalue weighted by Crippen LogP contribution is -2.10. The minimum absolute atomic E-state index is 0.908. The van der Waals surface area contributed by atoms with Crippen LogP contribution in [0.4, 0.5) is 17.1 Å². The highest BCUT2D eigenvalue weighted by molar-refractivity contribution is 6.13. The Bertz CT molecular complexity index is 3190. The number of hydrogen-bond acceptors (Lipinski definition) is 2. The van der Waals surface area contributed by atoms with E-state index in [9.17, 15) is 0 Å². The Morgan fingerprint density at radius 2 is 1.02 bits per heavy atom. The highest BCUT2D eigenvalue weighted by Gasteiger charge is 2.19. The number of nitrogens with zero attached hydrogens (tertiary/aromatic N) is 2. The second-order valence-electron chi connectivity index (χ2n) is 14.2. The van der Waals surface area contributed by atoms with E-state index in [0.717, 1.165) is 50.3 Å². The van der Waals surface area contributed by atoms with E-state index in [1.54, 1.807) is 0 Å². The fourth-order valence-corrected chi connectivity index (χ4v) is 8.39. The van der Waals surface area contributed by atoms with Crippen molar-refractivity contribution >= 4 is 71.6 Å². The van der Waals surface area contributed by atoms with E-state index in [2.05, 4.69) is 204 Å². The number of furan rings is 1. The van der Waals surface area contributed by atoms with E-state index in [1.165, 1.54) is 49.3 Å². The minimum Gasteiger partial charge on any atom is -0.456 e. The average Bonchev–Trinajstić information content (AvgIpc) is 3.78. The summed E-state index contributed by atoms with van der Waals surface area (Å²) in [5.74, 6) is 0. The molecule has 2 aromatic heterocycles. The number of fused-ring (bicyclic) bond motifs is 7. The molecule has 3 nitrogen and oxygen atoms in total. The van der Waals surface area contributed by atoms with Gasteiger partial charge in [-0.3, -0.25) is 0 Å². The largest absolute Gasteiger partial charge is 0.456 e. The third kappa shape index (κ3) is 5.20. The molecule has 0 aliphatic rings. The quantitative estimate of drug-likeness (QED) is 0.172. The van der Waals surface area contributed by atoms with Gasteiger partial charge in [-0.1, -0.05) is 133 Å². The second kappa shape index (κ2) is 12.6.